The summed E-state index contributed by atoms with van der Waals surface area (Å²) < 4.78 is 33.5. The van der Waals surface area contributed by atoms with Crippen molar-refractivity contribution in [3.8, 4) is 22.4 Å². The van der Waals surface area contributed by atoms with Gasteiger partial charge in [0.1, 0.15) is 0 Å². The van der Waals surface area contributed by atoms with E-state index in [-0.39, 0.29) is 10.8 Å². The van der Waals surface area contributed by atoms with E-state index in [1.807, 2.05) is 36.4 Å². The fourth-order valence-corrected chi connectivity index (χ4v) is 6.02. The molecule has 4 aromatic rings. The topological polar surface area (TPSA) is 86.7 Å². The first-order valence-electron chi connectivity index (χ1n) is 10.4. The molecule has 32 heavy (non-hydrogen) atoms. The summed E-state index contributed by atoms with van der Waals surface area (Å²) in [4.78, 5) is 7.43. The molecule has 0 fully saturated rings. The summed E-state index contributed by atoms with van der Waals surface area (Å²) in [6, 6.07) is 27.3. The molecule has 0 radical (unpaired) electrons. The molecular weight excluding hydrogens is 438 g/mol. The molecule has 0 bridgehead atoms. The van der Waals surface area contributed by atoms with Gasteiger partial charge in [-0.2, -0.15) is 0 Å². The van der Waals surface area contributed by atoms with Crippen molar-refractivity contribution in [2.75, 3.05) is 11.5 Å². The number of hydrogen-bond donors (Lipinski definition) is 2. The first-order chi connectivity index (χ1) is 15.5. The molecule has 0 saturated carbocycles. The predicted molar refractivity (Wildman–Crippen MR) is 130 cm³/mol. The van der Waals surface area contributed by atoms with Crippen LogP contribution in [-0.4, -0.2) is 29.9 Å². The third-order valence-corrected chi connectivity index (χ3v) is 8.33. The van der Waals surface area contributed by atoms with E-state index in [4.69, 9.17) is 4.78 Å². The second kappa shape index (κ2) is 10.1. The van der Waals surface area contributed by atoms with Crippen molar-refractivity contribution in [1.82, 2.24) is 9.97 Å². The molecule has 0 amide bonds. The number of unbranched alkanes of at least 4 members (excludes halogenated alkanes) is 1. The number of rotatable bonds is 9. The van der Waals surface area contributed by atoms with Crippen LogP contribution < -0.4 is 0 Å². The Morgan fingerprint density at radius 3 is 2.16 bits per heavy atom. The van der Waals surface area contributed by atoms with Crippen molar-refractivity contribution >= 4 is 20.5 Å². The molecule has 0 aliphatic rings. The number of H-pyrrole nitrogens is 1. The standard InChI is InChI=1S/C25H25N3O2S2/c26-31(17-9-10-18-32(29,30)24-15-7-8-16-27-24)23-19-22(20-11-3-1-4-12-20)25(28-23)21-13-5-2-6-14-21/h1-8,11-16,19,26,28H,9-10,17-18H2. The number of hydrogen-bond acceptors (Lipinski definition) is 4. The summed E-state index contributed by atoms with van der Waals surface area (Å²) in [6.45, 7) is 0. The summed E-state index contributed by atoms with van der Waals surface area (Å²) in [5.74, 6) is 0.664. The van der Waals surface area contributed by atoms with Crippen molar-refractivity contribution in [3.63, 3.8) is 0 Å². The number of aromatic nitrogens is 2. The zero-order valence-corrected chi connectivity index (χ0v) is 19.2. The Bertz CT molecular complexity index is 1230. The van der Waals surface area contributed by atoms with Gasteiger partial charge in [-0.25, -0.2) is 13.4 Å². The highest BCUT2D eigenvalue weighted by Crippen LogP contribution is 2.33. The molecule has 2 aromatic carbocycles. The first kappa shape index (κ1) is 22.2. The van der Waals surface area contributed by atoms with Crippen LogP contribution in [0, 0.1) is 4.78 Å². The molecule has 5 nitrogen and oxygen atoms in total. The lowest BCUT2D eigenvalue weighted by molar-refractivity contribution is 0.589. The number of pyridine rings is 1. The van der Waals surface area contributed by atoms with Gasteiger partial charge < -0.3 is 4.98 Å². The zero-order chi connectivity index (χ0) is 22.4. The fourth-order valence-electron chi connectivity index (χ4n) is 3.52. The van der Waals surface area contributed by atoms with Gasteiger partial charge in [0.15, 0.2) is 14.9 Å². The van der Waals surface area contributed by atoms with E-state index < -0.39 is 20.5 Å². The van der Waals surface area contributed by atoms with Crippen molar-refractivity contribution in [1.29, 1.82) is 4.78 Å². The third-order valence-electron chi connectivity index (χ3n) is 5.17. The third kappa shape index (κ3) is 5.23. The molecule has 0 aliphatic carbocycles. The van der Waals surface area contributed by atoms with Crippen LogP contribution in [-0.2, 0) is 20.5 Å². The van der Waals surface area contributed by atoms with Gasteiger partial charge in [-0.1, -0.05) is 77.4 Å². The number of nitrogens with zero attached hydrogens (tertiary/aromatic N) is 1. The molecule has 0 spiro atoms. The zero-order valence-electron chi connectivity index (χ0n) is 17.6. The lowest BCUT2D eigenvalue weighted by Crippen LogP contribution is -2.09. The van der Waals surface area contributed by atoms with Gasteiger partial charge in [0, 0.05) is 17.5 Å². The predicted octanol–water partition coefficient (Wildman–Crippen LogP) is 5.74. The summed E-state index contributed by atoms with van der Waals surface area (Å²) in [5.41, 5.74) is 4.27. The SMILES string of the molecule is N=S(CCCCS(=O)(=O)c1ccccn1)c1cc(-c2ccccc2)c(-c2ccccc2)[nH]1. The second-order valence-electron chi connectivity index (χ2n) is 7.44. The van der Waals surface area contributed by atoms with Crippen molar-refractivity contribution in [2.24, 2.45) is 0 Å². The Balaban J connectivity index is 1.47. The molecule has 2 aromatic heterocycles. The van der Waals surface area contributed by atoms with Crippen molar-refractivity contribution in [3.05, 3.63) is 91.1 Å². The van der Waals surface area contributed by atoms with E-state index in [2.05, 4.69) is 40.3 Å². The van der Waals surface area contributed by atoms with Crippen LogP contribution in [0.25, 0.3) is 22.4 Å². The number of nitrogens with one attached hydrogen (secondary N) is 2. The van der Waals surface area contributed by atoms with E-state index in [0.29, 0.717) is 18.6 Å². The van der Waals surface area contributed by atoms with Gasteiger partial charge in [0.25, 0.3) is 0 Å². The van der Waals surface area contributed by atoms with E-state index in [9.17, 15) is 8.42 Å². The Morgan fingerprint density at radius 1 is 0.844 bits per heavy atom. The normalized spacial score (nSPS) is 12.5. The molecule has 164 valence electrons. The van der Waals surface area contributed by atoms with Crippen LogP contribution in [0.3, 0.4) is 0 Å². The van der Waals surface area contributed by atoms with E-state index >= 15 is 0 Å². The lowest BCUT2D eigenvalue weighted by atomic mass is 10.0. The van der Waals surface area contributed by atoms with Crippen molar-refractivity contribution in [2.45, 2.75) is 22.9 Å². The van der Waals surface area contributed by atoms with Crippen LogP contribution in [0.5, 0.6) is 0 Å². The molecule has 2 heterocycles. The van der Waals surface area contributed by atoms with Gasteiger partial charge in [0.2, 0.25) is 0 Å². The molecule has 1 unspecified atom stereocenters. The summed E-state index contributed by atoms with van der Waals surface area (Å²) in [7, 11) is -4.13. The van der Waals surface area contributed by atoms with Crippen LogP contribution in [0.2, 0.25) is 0 Å². The maximum Gasteiger partial charge on any atom is 0.195 e. The van der Waals surface area contributed by atoms with E-state index in [1.54, 1.807) is 12.1 Å². The van der Waals surface area contributed by atoms with Crippen LogP contribution in [0.1, 0.15) is 12.8 Å². The smallest absolute Gasteiger partial charge is 0.195 e. The Hall–Kier alpha value is -3.03. The Kier molecular flexibility index (Phi) is 6.97. The molecule has 4 rings (SSSR count). The van der Waals surface area contributed by atoms with Crippen LogP contribution in [0.4, 0.5) is 0 Å². The summed E-state index contributed by atoms with van der Waals surface area (Å²) in [6.07, 6.45) is 2.67. The quantitative estimate of drug-likeness (QED) is 0.310. The van der Waals surface area contributed by atoms with Gasteiger partial charge in [-0.15, -0.1) is 0 Å². The average Bonchev–Trinajstić information content (AvgIpc) is 3.29. The highest BCUT2D eigenvalue weighted by Gasteiger charge is 2.16. The molecule has 1 atom stereocenters. The monoisotopic (exact) mass is 463 g/mol. The number of benzene rings is 2. The fraction of sp³-hybridized carbons (Fsp3) is 0.160. The van der Waals surface area contributed by atoms with Crippen LogP contribution in [0.15, 0.2) is 101 Å². The lowest BCUT2D eigenvalue weighted by Gasteiger charge is -2.05. The minimum absolute atomic E-state index is 0.0521. The van der Waals surface area contributed by atoms with Gasteiger partial charge in [-0.3, -0.25) is 4.78 Å². The molecule has 0 aliphatic heterocycles. The molecule has 0 saturated heterocycles. The summed E-state index contributed by atoms with van der Waals surface area (Å²) >= 11 is 0. The Morgan fingerprint density at radius 2 is 1.50 bits per heavy atom. The van der Waals surface area contributed by atoms with Crippen LogP contribution >= 0.6 is 0 Å². The largest absolute Gasteiger partial charge is 0.348 e. The summed E-state index contributed by atoms with van der Waals surface area (Å²) in [5, 5.41) is 0.990. The highest BCUT2D eigenvalue weighted by atomic mass is 32.2. The van der Waals surface area contributed by atoms with Crippen molar-refractivity contribution < 1.29 is 8.42 Å². The maximum absolute atomic E-state index is 12.4. The minimum atomic E-state index is -3.37. The minimum Gasteiger partial charge on any atom is -0.348 e. The number of sulfone groups is 1. The molecule has 7 heteroatoms. The number of aromatic amines is 1. The Labute approximate surface area is 191 Å². The molecule has 2 N–H and O–H groups in total. The van der Waals surface area contributed by atoms with E-state index in [0.717, 1.165) is 27.4 Å². The first-order valence-corrected chi connectivity index (χ1v) is 13.5. The average molecular weight is 464 g/mol. The van der Waals surface area contributed by atoms with Gasteiger partial charge in [0.05, 0.1) is 16.5 Å². The highest BCUT2D eigenvalue weighted by molar-refractivity contribution is 7.91. The van der Waals surface area contributed by atoms with E-state index in [1.165, 1.54) is 12.3 Å². The maximum atomic E-state index is 12.4. The second-order valence-corrected chi connectivity index (χ2v) is 11.1. The van der Waals surface area contributed by atoms with Gasteiger partial charge >= 0.3 is 0 Å². The molecular formula is C25H25N3O2S2. The van der Waals surface area contributed by atoms with Gasteiger partial charge in [-0.05, 0) is 42.2 Å².